The summed E-state index contributed by atoms with van der Waals surface area (Å²) in [7, 11) is 0. The first-order chi connectivity index (χ1) is 9.97. The highest BCUT2D eigenvalue weighted by Crippen LogP contribution is 2.30. The smallest absolute Gasteiger partial charge is 0.313 e. The van der Waals surface area contributed by atoms with E-state index in [1.54, 1.807) is 6.08 Å². The lowest BCUT2D eigenvalue weighted by Crippen LogP contribution is -2.39. The first-order valence-electron chi connectivity index (χ1n) is 8.11. The fourth-order valence-corrected chi connectivity index (χ4v) is 3.52. The number of allylic oxidation sites excluding steroid dienone is 1. The molecule has 1 fully saturated rings. The predicted octanol–water partition coefficient (Wildman–Crippen LogP) is 2.58. The van der Waals surface area contributed by atoms with Crippen LogP contribution in [-0.4, -0.2) is 42.4 Å². The Kier molecular flexibility index (Phi) is 5.57. The van der Waals surface area contributed by atoms with E-state index in [9.17, 15) is 9.59 Å². The molecule has 0 amide bonds. The Morgan fingerprint density at radius 3 is 2.67 bits per heavy atom. The van der Waals surface area contributed by atoms with Crippen LogP contribution in [0.4, 0.5) is 0 Å². The first kappa shape index (κ1) is 16.2. The molecular weight excluding hydrogens is 266 g/mol. The molecule has 21 heavy (non-hydrogen) atoms. The molecule has 0 spiro atoms. The average molecular weight is 293 g/mol. The van der Waals surface area contributed by atoms with Crippen LogP contribution in [0.3, 0.4) is 0 Å². The number of carbonyl (C=O) groups excluding carboxylic acids is 2. The second-order valence-electron chi connectivity index (χ2n) is 6.62. The van der Waals surface area contributed by atoms with Crippen LogP contribution >= 0.6 is 0 Å². The lowest BCUT2D eigenvalue weighted by Gasteiger charge is -2.31. The van der Waals surface area contributed by atoms with Gasteiger partial charge in [0, 0.05) is 13.0 Å². The van der Waals surface area contributed by atoms with E-state index in [0.29, 0.717) is 6.42 Å². The molecule has 2 rings (SSSR count). The third-order valence-electron chi connectivity index (χ3n) is 4.51. The minimum absolute atomic E-state index is 0.0391. The molecule has 118 valence electrons. The summed E-state index contributed by atoms with van der Waals surface area (Å²) in [6.45, 7) is 8.80. The Morgan fingerprint density at radius 2 is 2.05 bits per heavy atom. The van der Waals surface area contributed by atoms with E-state index >= 15 is 0 Å². The van der Waals surface area contributed by atoms with Gasteiger partial charge in [-0.25, -0.2) is 0 Å². The van der Waals surface area contributed by atoms with Crippen molar-refractivity contribution < 1.29 is 14.3 Å². The zero-order chi connectivity index (χ0) is 15.4. The van der Waals surface area contributed by atoms with Crippen molar-refractivity contribution in [2.75, 3.05) is 19.6 Å². The second-order valence-corrected chi connectivity index (χ2v) is 6.62. The number of likely N-dealkylation sites (tertiary alicyclic amines) is 1. The molecule has 4 heteroatoms. The van der Waals surface area contributed by atoms with Crippen molar-refractivity contribution in [1.29, 1.82) is 0 Å². The van der Waals surface area contributed by atoms with Gasteiger partial charge in [-0.15, -0.1) is 0 Å². The van der Waals surface area contributed by atoms with E-state index in [1.165, 1.54) is 19.3 Å². The zero-order valence-electron chi connectivity index (χ0n) is 13.4. The number of esters is 1. The summed E-state index contributed by atoms with van der Waals surface area (Å²) in [5, 5.41) is 0. The average Bonchev–Trinajstić information content (AvgIpc) is 2.38. The second kappa shape index (κ2) is 7.21. The highest BCUT2D eigenvalue weighted by molar-refractivity contribution is 5.94. The molecule has 0 N–H and O–H groups in total. The molecule has 1 heterocycles. The number of nitrogens with zero attached hydrogens (tertiary/aromatic N) is 1. The molecule has 1 aliphatic heterocycles. The van der Waals surface area contributed by atoms with Crippen LogP contribution in [0, 0.1) is 11.8 Å². The number of hydrogen-bond acceptors (Lipinski definition) is 4. The molecule has 0 aromatic heterocycles. The minimum Gasteiger partial charge on any atom is -0.461 e. The molecule has 4 nitrogen and oxygen atoms in total. The Labute approximate surface area is 127 Å². The van der Waals surface area contributed by atoms with E-state index in [2.05, 4.69) is 4.90 Å². The van der Waals surface area contributed by atoms with Crippen LogP contribution < -0.4 is 0 Å². The van der Waals surface area contributed by atoms with Crippen LogP contribution in [0.5, 0.6) is 0 Å². The number of ketones is 1. The number of piperidine rings is 1. The topological polar surface area (TPSA) is 46.6 Å². The zero-order valence-corrected chi connectivity index (χ0v) is 13.4. The van der Waals surface area contributed by atoms with Gasteiger partial charge in [0.15, 0.2) is 5.78 Å². The van der Waals surface area contributed by atoms with E-state index in [0.717, 1.165) is 25.2 Å². The Balaban J connectivity index is 1.88. The van der Waals surface area contributed by atoms with E-state index in [4.69, 9.17) is 4.74 Å². The van der Waals surface area contributed by atoms with Gasteiger partial charge in [-0.05, 0) is 51.8 Å². The SMILES string of the molecule is CC1=CC(=O)CC(C)C1C(=O)OC(C)CN1CCCCC1. The van der Waals surface area contributed by atoms with E-state index in [-0.39, 0.29) is 29.7 Å². The quantitative estimate of drug-likeness (QED) is 0.747. The predicted molar refractivity (Wildman–Crippen MR) is 81.9 cm³/mol. The summed E-state index contributed by atoms with van der Waals surface area (Å²) in [6.07, 6.45) is 5.74. The summed E-state index contributed by atoms with van der Waals surface area (Å²) in [5.74, 6) is -0.276. The van der Waals surface area contributed by atoms with Gasteiger partial charge in [-0.3, -0.25) is 14.5 Å². The summed E-state index contributed by atoms with van der Waals surface area (Å²) in [4.78, 5) is 26.3. The summed E-state index contributed by atoms with van der Waals surface area (Å²) in [6, 6.07) is 0. The van der Waals surface area contributed by atoms with Crippen molar-refractivity contribution in [3.63, 3.8) is 0 Å². The minimum atomic E-state index is -0.258. The molecule has 0 bridgehead atoms. The van der Waals surface area contributed by atoms with Crippen molar-refractivity contribution in [3.05, 3.63) is 11.6 Å². The van der Waals surface area contributed by atoms with Crippen LogP contribution in [0.2, 0.25) is 0 Å². The van der Waals surface area contributed by atoms with E-state index < -0.39 is 0 Å². The van der Waals surface area contributed by atoms with Crippen LogP contribution in [-0.2, 0) is 14.3 Å². The lowest BCUT2D eigenvalue weighted by molar-refractivity contribution is -0.154. The largest absolute Gasteiger partial charge is 0.461 e. The van der Waals surface area contributed by atoms with E-state index in [1.807, 2.05) is 20.8 Å². The summed E-state index contributed by atoms with van der Waals surface area (Å²) < 4.78 is 5.64. The molecule has 1 saturated heterocycles. The normalized spacial score (nSPS) is 28.9. The summed E-state index contributed by atoms with van der Waals surface area (Å²) in [5.41, 5.74) is 0.842. The molecule has 0 radical (unpaired) electrons. The number of ether oxygens (including phenoxy) is 1. The van der Waals surface area contributed by atoms with Gasteiger partial charge < -0.3 is 4.74 Å². The fraction of sp³-hybridized carbons (Fsp3) is 0.765. The highest BCUT2D eigenvalue weighted by Gasteiger charge is 2.33. The van der Waals surface area contributed by atoms with Crippen LogP contribution in [0.1, 0.15) is 46.5 Å². The molecule has 3 atom stereocenters. The highest BCUT2D eigenvalue weighted by atomic mass is 16.5. The summed E-state index contributed by atoms with van der Waals surface area (Å²) >= 11 is 0. The van der Waals surface area contributed by atoms with Gasteiger partial charge in [0.05, 0.1) is 5.92 Å². The van der Waals surface area contributed by atoms with Crippen molar-refractivity contribution >= 4 is 11.8 Å². The molecule has 0 aromatic rings. The molecule has 1 aliphatic carbocycles. The standard InChI is InChI=1S/C17H27NO3/c1-12-9-15(19)10-13(2)16(12)17(20)21-14(3)11-18-7-5-4-6-8-18/h9,13-14,16H,4-8,10-11H2,1-3H3. The lowest BCUT2D eigenvalue weighted by atomic mass is 9.79. The maximum atomic E-state index is 12.4. The first-order valence-corrected chi connectivity index (χ1v) is 8.11. The molecule has 0 saturated carbocycles. The van der Waals surface area contributed by atoms with Crippen molar-refractivity contribution in [2.45, 2.75) is 52.6 Å². The van der Waals surface area contributed by atoms with Crippen molar-refractivity contribution in [1.82, 2.24) is 4.90 Å². The van der Waals surface area contributed by atoms with Gasteiger partial charge in [0.1, 0.15) is 6.10 Å². The number of carbonyl (C=O) groups is 2. The van der Waals surface area contributed by atoms with Gasteiger partial charge in [-0.2, -0.15) is 0 Å². The van der Waals surface area contributed by atoms with Crippen LogP contribution in [0.25, 0.3) is 0 Å². The maximum Gasteiger partial charge on any atom is 0.313 e. The van der Waals surface area contributed by atoms with Crippen LogP contribution in [0.15, 0.2) is 11.6 Å². The molecular formula is C17H27NO3. The Bertz CT molecular complexity index is 424. The number of rotatable bonds is 4. The van der Waals surface area contributed by atoms with Gasteiger partial charge in [0.25, 0.3) is 0 Å². The third kappa shape index (κ3) is 4.40. The monoisotopic (exact) mass is 293 g/mol. The maximum absolute atomic E-state index is 12.4. The Morgan fingerprint density at radius 1 is 1.38 bits per heavy atom. The number of hydrogen-bond donors (Lipinski definition) is 0. The fourth-order valence-electron chi connectivity index (χ4n) is 3.52. The molecule has 2 aliphatic rings. The molecule has 3 unspecified atom stereocenters. The molecule has 0 aromatic carbocycles. The van der Waals surface area contributed by atoms with Crippen molar-refractivity contribution in [2.24, 2.45) is 11.8 Å². The van der Waals surface area contributed by atoms with Crippen molar-refractivity contribution in [3.8, 4) is 0 Å². The van der Waals surface area contributed by atoms with Gasteiger partial charge in [-0.1, -0.05) is 18.9 Å². The van der Waals surface area contributed by atoms with Gasteiger partial charge in [0.2, 0.25) is 0 Å². The third-order valence-corrected chi connectivity index (χ3v) is 4.51. The Hall–Kier alpha value is -1.16. The van der Waals surface area contributed by atoms with Gasteiger partial charge >= 0.3 is 5.97 Å².